The van der Waals surface area contributed by atoms with Crippen molar-refractivity contribution < 1.29 is 14.0 Å². The summed E-state index contributed by atoms with van der Waals surface area (Å²) in [5.41, 5.74) is 0.699. The molecule has 1 aliphatic rings. The highest BCUT2D eigenvalue weighted by Gasteiger charge is 2.37. The molecule has 0 spiro atoms. The van der Waals surface area contributed by atoms with E-state index in [0.29, 0.717) is 0 Å². The van der Waals surface area contributed by atoms with E-state index in [1.165, 1.54) is 11.0 Å². The van der Waals surface area contributed by atoms with E-state index in [0.717, 1.165) is 5.56 Å². The zero-order valence-corrected chi connectivity index (χ0v) is 12.9. The molecule has 1 aromatic rings. The van der Waals surface area contributed by atoms with E-state index in [9.17, 15) is 14.0 Å². The van der Waals surface area contributed by atoms with Crippen LogP contribution in [0.2, 0.25) is 0 Å². The van der Waals surface area contributed by atoms with Crippen LogP contribution in [-0.4, -0.2) is 23.9 Å². The molecule has 0 aliphatic carbocycles. The van der Waals surface area contributed by atoms with Crippen LogP contribution < -0.4 is 10.2 Å². The van der Waals surface area contributed by atoms with E-state index in [1.54, 1.807) is 19.1 Å². The molecular formula is C16H21FN2O2. The molecule has 1 N–H and O–H groups in total. The van der Waals surface area contributed by atoms with Gasteiger partial charge in [0.05, 0.1) is 11.6 Å². The van der Waals surface area contributed by atoms with E-state index < -0.39 is 11.7 Å². The number of carbonyl (C=O) groups excluding carboxylic acids is 2. The van der Waals surface area contributed by atoms with Gasteiger partial charge in [-0.3, -0.25) is 9.59 Å². The number of carbonyl (C=O) groups is 2. The molecule has 0 unspecified atom stereocenters. The Bertz CT molecular complexity index is 578. The summed E-state index contributed by atoms with van der Waals surface area (Å²) in [6.45, 7) is 7.68. The van der Waals surface area contributed by atoms with Crippen molar-refractivity contribution in [1.82, 2.24) is 5.32 Å². The van der Waals surface area contributed by atoms with E-state index in [2.05, 4.69) is 5.32 Å². The maximum Gasteiger partial charge on any atom is 0.227 e. The highest BCUT2D eigenvalue weighted by Crippen LogP contribution is 2.28. The normalized spacial score (nSPS) is 19.0. The smallest absolute Gasteiger partial charge is 0.227 e. The van der Waals surface area contributed by atoms with Crippen LogP contribution in [-0.2, 0) is 9.59 Å². The lowest BCUT2D eigenvalue weighted by Gasteiger charge is -2.23. The van der Waals surface area contributed by atoms with E-state index >= 15 is 0 Å². The summed E-state index contributed by atoms with van der Waals surface area (Å²) in [6.07, 6.45) is 0.120. The number of hydrogen-bond donors (Lipinski definition) is 1. The molecule has 0 bridgehead atoms. The van der Waals surface area contributed by atoms with Crippen molar-refractivity contribution in [3.05, 3.63) is 29.6 Å². The van der Waals surface area contributed by atoms with E-state index in [4.69, 9.17) is 0 Å². The molecule has 1 aromatic carbocycles. The second-order valence-electron chi connectivity index (χ2n) is 6.60. The number of halogens is 1. The lowest BCUT2D eigenvalue weighted by molar-refractivity contribution is -0.127. The van der Waals surface area contributed by atoms with E-state index in [1.807, 2.05) is 20.8 Å². The highest BCUT2D eigenvalue weighted by atomic mass is 19.1. The monoisotopic (exact) mass is 292 g/mol. The largest absolute Gasteiger partial charge is 0.351 e. The summed E-state index contributed by atoms with van der Waals surface area (Å²) in [5, 5.41) is 2.87. The minimum absolute atomic E-state index is 0.120. The molecule has 1 atom stereocenters. The summed E-state index contributed by atoms with van der Waals surface area (Å²) in [6, 6.07) is 4.74. The number of hydrogen-bond acceptors (Lipinski definition) is 2. The lowest BCUT2D eigenvalue weighted by Crippen LogP contribution is -2.44. The summed E-state index contributed by atoms with van der Waals surface area (Å²) < 4.78 is 14.0. The second-order valence-corrected chi connectivity index (χ2v) is 6.60. The minimum atomic E-state index is -0.433. The highest BCUT2D eigenvalue weighted by molar-refractivity contribution is 6.00. The summed E-state index contributed by atoms with van der Waals surface area (Å²) in [5.74, 6) is -1.24. The number of benzene rings is 1. The zero-order chi connectivity index (χ0) is 15.8. The van der Waals surface area contributed by atoms with Gasteiger partial charge in [-0.15, -0.1) is 0 Å². The number of amides is 2. The average molecular weight is 292 g/mol. The van der Waals surface area contributed by atoms with E-state index in [-0.39, 0.29) is 36.0 Å². The molecule has 0 saturated carbocycles. The van der Waals surface area contributed by atoms with Gasteiger partial charge < -0.3 is 10.2 Å². The zero-order valence-electron chi connectivity index (χ0n) is 12.9. The molecule has 21 heavy (non-hydrogen) atoms. The van der Waals surface area contributed by atoms with Gasteiger partial charge >= 0.3 is 0 Å². The van der Waals surface area contributed by atoms with Crippen LogP contribution in [0.5, 0.6) is 0 Å². The predicted octanol–water partition coefficient (Wildman–Crippen LogP) is 2.40. The number of anilines is 1. The Morgan fingerprint density at radius 1 is 1.38 bits per heavy atom. The third-order valence-electron chi connectivity index (χ3n) is 3.39. The summed E-state index contributed by atoms with van der Waals surface area (Å²) >= 11 is 0. The van der Waals surface area contributed by atoms with Crippen molar-refractivity contribution in [3.63, 3.8) is 0 Å². The molecule has 0 radical (unpaired) electrons. The summed E-state index contributed by atoms with van der Waals surface area (Å²) in [4.78, 5) is 25.6. The van der Waals surface area contributed by atoms with Crippen LogP contribution in [0.4, 0.5) is 10.1 Å². The van der Waals surface area contributed by atoms with Crippen molar-refractivity contribution in [2.45, 2.75) is 39.7 Å². The van der Waals surface area contributed by atoms with Crippen LogP contribution in [0.3, 0.4) is 0 Å². The van der Waals surface area contributed by atoms with Gasteiger partial charge in [0.15, 0.2) is 0 Å². The Kier molecular flexibility index (Phi) is 4.03. The van der Waals surface area contributed by atoms with Gasteiger partial charge in [0.25, 0.3) is 0 Å². The molecule has 1 heterocycles. The Morgan fingerprint density at radius 3 is 2.62 bits per heavy atom. The maximum atomic E-state index is 14.0. The lowest BCUT2D eigenvalue weighted by atomic mass is 10.0. The fourth-order valence-corrected chi connectivity index (χ4v) is 2.42. The molecule has 1 fully saturated rings. The number of nitrogens with zero attached hydrogens (tertiary/aromatic N) is 1. The molecule has 2 rings (SSSR count). The fraction of sp³-hybridized carbons (Fsp3) is 0.500. The van der Waals surface area contributed by atoms with Crippen LogP contribution in [0.15, 0.2) is 18.2 Å². The molecule has 4 nitrogen and oxygen atoms in total. The van der Waals surface area contributed by atoms with Crippen molar-refractivity contribution >= 4 is 17.5 Å². The SMILES string of the molecule is Cc1ccc(N2C[C@H](C(=O)NC(C)(C)C)CC2=O)c(F)c1. The van der Waals surface area contributed by atoms with Crippen molar-refractivity contribution in [2.24, 2.45) is 5.92 Å². The average Bonchev–Trinajstić information content (AvgIpc) is 2.69. The molecule has 114 valence electrons. The topological polar surface area (TPSA) is 49.4 Å². The van der Waals surface area contributed by atoms with Gasteiger partial charge in [-0.1, -0.05) is 6.07 Å². The van der Waals surface area contributed by atoms with Crippen LogP contribution >= 0.6 is 0 Å². The standard InChI is InChI=1S/C16H21FN2O2/c1-10-5-6-13(12(17)7-10)19-9-11(8-14(19)20)15(21)18-16(2,3)4/h5-7,11H,8-9H2,1-4H3,(H,18,21)/t11-/m1/s1. The Labute approximate surface area is 124 Å². The first-order valence-corrected chi connectivity index (χ1v) is 7.06. The van der Waals surface area contributed by atoms with Crippen LogP contribution in [0.25, 0.3) is 0 Å². The first-order chi connectivity index (χ1) is 9.67. The number of rotatable bonds is 2. The van der Waals surface area contributed by atoms with Gasteiger partial charge in [-0.2, -0.15) is 0 Å². The molecule has 1 saturated heterocycles. The third kappa shape index (κ3) is 3.60. The first-order valence-electron chi connectivity index (χ1n) is 7.06. The van der Waals surface area contributed by atoms with Gasteiger partial charge in [-0.25, -0.2) is 4.39 Å². The van der Waals surface area contributed by atoms with Gasteiger partial charge in [0.2, 0.25) is 11.8 Å². The Hall–Kier alpha value is -1.91. The Morgan fingerprint density at radius 2 is 2.05 bits per heavy atom. The van der Waals surface area contributed by atoms with Gasteiger partial charge in [-0.05, 0) is 45.4 Å². The number of aryl methyl sites for hydroxylation is 1. The third-order valence-corrected chi connectivity index (χ3v) is 3.39. The van der Waals surface area contributed by atoms with Gasteiger partial charge in [0, 0.05) is 18.5 Å². The maximum absolute atomic E-state index is 14.0. The molecular weight excluding hydrogens is 271 g/mol. The van der Waals surface area contributed by atoms with Gasteiger partial charge in [0.1, 0.15) is 5.82 Å². The molecule has 2 amide bonds. The first kappa shape index (κ1) is 15.5. The quantitative estimate of drug-likeness (QED) is 0.910. The minimum Gasteiger partial charge on any atom is -0.351 e. The molecule has 1 aliphatic heterocycles. The molecule has 5 heteroatoms. The second kappa shape index (κ2) is 5.47. The number of nitrogens with one attached hydrogen (secondary N) is 1. The van der Waals surface area contributed by atoms with Crippen molar-refractivity contribution in [3.8, 4) is 0 Å². The fourth-order valence-electron chi connectivity index (χ4n) is 2.42. The van der Waals surface area contributed by atoms with Crippen molar-refractivity contribution in [1.29, 1.82) is 0 Å². The van der Waals surface area contributed by atoms with Crippen LogP contribution in [0.1, 0.15) is 32.8 Å². The summed E-state index contributed by atoms with van der Waals surface area (Å²) in [7, 11) is 0. The van der Waals surface area contributed by atoms with Crippen LogP contribution in [0, 0.1) is 18.7 Å². The molecule has 0 aromatic heterocycles. The predicted molar refractivity (Wildman–Crippen MR) is 79.5 cm³/mol. The van der Waals surface area contributed by atoms with Crippen molar-refractivity contribution in [2.75, 3.05) is 11.4 Å². The Balaban J connectivity index is 2.14.